The van der Waals surface area contributed by atoms with Crippen molar-refractivity contribution in [3.8, 4) is 0 Å². The third-order valence-electron chi connectivity index (χ3n) is 3.63. The molecule has 1 aliphatic carbocycles. The van der Waals surface area contributed by atoms with E-state index in [2.05, 4.69) is 6.92 Å². The fourth-order valence-corrected chi connectivity index (χ4v) is 2.42. The van der Waals surface area contributed by atoms with E-state index in [-0.39, 0.29) is 5.78 Å². The third kappa shape index (κ3) is 5.03. The Labute approximate surface area is 105 Å². The van der Waals surface area contributed by atoms with Crippen LogP contribution >= 0.6 is 0 Å². The Morgan fingerprint density at radius 2 is 1.88 bits per heavy atom. The summed E-state index contributed by atoms with van der Waals surface area (Å²) in [5.74, 6) is -0.0762. The lowest BCUT2D eigenvalue weighted by atomic mass is 9.81. The molecule has 17 heavy (non-hydrogen) atoms. The molecule has 0 aromatic heterocycles. The molecule has 0 heterocycles. The van der Waals surface area contributed by atoms with Gasteiger partial charge in [0.05, 0.1) is 0 Å². The van der Waals surface area contributed by atoms with Crippen LogP contribution in [0.5, 0.6) is 0 Å². The largest absolute Gasteiger partial charge is 0.382 e. The zero-order valence-corrected chi connectivity index (χ0v) is 11.1. The number of hydrogen-bond acceptors (Lipinski definition) is 2. The fraction of sp³-hybridized carbons (Fsp3) is 0.800. The Bertz CT molecular complexity index is 250. The van der Waals surface area contributed by atoms with Gasteiger partial charge in [0.25, 0.3) is 0 Å². The van der Waals surface area contributed by atoms with Crippen LogP contribution in [0.3, 0.4) is 0 Å². The number of allylic oxidation sites excluding steroid dienone is 1. The van der Waals surface area contributed by atoms with E-state index in [0.717, 1.165) is 32.1 Å². The Morgan fingerprint density at radius 3 is 2.53 bits per heavy atom. The van der Waals surface area contributed by atoms with Gasteiger partial charge in [0.2, 0.25) is 0 Å². The second kappa shape index (κ2) is 7.65. The molecule has 2 nitrogen and oxygen atoms in total. The summed E-state index contributed by atoms with van der Waals surface area (Å²) in [5.41, 5.74) is -1.04. The standard InChI is InChI=1S/C15H26O2/c1-2-3-4-5-6-8-11-14(16)15(17)12-9-7-10-13-15/h8,11,17H,2-7,9-10,12-13H2,1H3. The van der Waals surface area contributed by atoms with Crippen LogP contribution < -0.4 is 0 Å². The smallest absolute Gasteiger partial charge is 0.186 e. The summed E-state index contributed by atoms with van der Waals surface area (Å²) in [6, 6.07) is 0. The molecule has 0 spiro atoms. The monoisotopic (exact) mass is 238 g/mol. The Kier molecular flexibility index (Phi) is 6.49. The van der Waals surface area contributed by atoms with Gasteiger partial charge in [-0.25, -0.2) is 0 Å². The van der Waals surface area contributed by atoms with E-state index in [1.54, 1.807) is 6.08 Å². The normalized spacial score (nSPS) is 19.6. The van der Waals surface area contributed by atoms with Gasteiger partial charge < -0.3 is 5.11 Å². The van der Waals surface area contributed by atoms with Crippen molar-refractivity contribution in [2.24, 2.45) is 0 Å². The third-order valence-corrected chi connectivity index (χ3v) is 3.63. The van der Waals surface area contributed by atoms with E-state index in [1.807, 2.05) is 6.08 Å². The van der Waals surface area contributed by atoms with Gasteiger partial charge in [-0.15, -0.1) is 0 Å². The predicted octanol–water partition coefficient (Wildman–Crippen LogP) is 3.78. The van der Waals surface area contributed by atoms with Crippen LogP contribution in [0.4, 0.5) is 0 Å². The highest BCUT2D eigenvalue weighted by Gasteiger charge is 2.34. The topological polar surface area (TPSA) is 37.3 Å². The number of ketones is 1. The predicted molar refractivity (Wildman–Crippen MR) is 70.9 cm³/mol. The van der Waals surface area contributed by atoms with Crippen molar-refractivity contribution < 1.29 is 9.90 Å². The Balaban J connectivity index is 2.25. The molecule has 0 radical (unpaired) electrons. The maximum atomic E-state index is 11.9. The molecular formula is C15H26O2. The molecule has 0 unspecified atom stereocenters. The summed E-state index contributed by atoms with van der Waals surface area (Å²) < 4.78 is 0. The molecule has 0 aromatic carbocycles. The average Bonchev–Trinajstić information content (AvgIpc) is 2.34. The Hall–Kier alpha value is -0.630. The maximum absolute atomic E-state index is 11.9. The van der Waals surface area contributed by atoms with Gasteiger partial charge in [-0.05, 0) is 31.8 Å². The molecule has 1 N–H and O–H groups in total. The van der Waals surface area contributed by atoms with Crippen molar-refractivity contribution in [2.45, 2.75) is 76.7 Å². The van der Waals surface area contributed by atoms with E-state index in [4.69, 9.17) is 0 Å². The first kappa shape index (κ1) is 14.4. The van der Waals surface area contributed by atoms with Gasteiger partial charge in [0.1, 0.15) is 5.60 Å². The van der Waals surface area contributed by atoms with Gasteiger partial charge in [0.15, 0.2) is 5.78 Å². The van der Waals surface area contributed by atoms with E-state index in [1.165, 1.54) is 19.3 Å². The molecule has 0 aromatic rings. The molecule has 0 saturated heterocycles. The van der Waals surface area contributed by atoms with Gasteiger partial charge in [0, 0.05) is 0 Å². The van der Waals surface area contributed by atoms with Crippen molar-refractivity contribution in [1.29, 1.82) is 0 Å². The molecule has 2 heteroatoms. The van der Waals surface area contributed by atoms with E-state index >= 15 is 0 Å². The highest BCUT2D eigenvalue weighted by Crippen LogP contribution is 2.29. The van der Waals surface area contributed by atoms with Crippen molar-refractivity contribution in [3.63, 3.8) is 0 Å². The second-order valence-electron chi connectivity index (χ2n) is 5.21. The zero-order chi connectivity index (χ0) is 12.6. The SMILES string of the molecule is CCCCCCC=CC(=O)C1(O)CCCCC1. The molecule has 1 aliphatic rings. The number of carbonyl (C=O) groups is 1. The molecule has 0 bridgehead atoms. The number of rotatable bonds is 7. The van der Waals surface area contributed by atoms with Crippen LogP contribution in [0.1, 0.15) is 71.1 Å². The van der Waals surface area contributed by atoms with Gasteiger partial charge in [-0.3, -0.25) is 4.79 Å². The van der Waals surface area contributed by atoms with Crippen LogP contribution in [-0.2, 0) is 4.79 Å². The fourth-order valence-electron chi connectivity index (χ4n) is 2.42. The summed E-state index contributed by atoms with van der Waals surface area (Å²) in [6.45, 7) is 2.19. The first-order valence-corrected chi connectivity index (χ1v) is 7.12. The summed E-state index contributed by atoms with van der Waals surface area (Å²) in [5, 5.41) is 10.2. The number of hydrogen-bond donors (Lipinski definition) is 1. The lowest BCUT2D eigenvalue weighted by molar-refractivity contribution is -0.135. The van der Waals surface area contributed by atoms with Crippen LogP contribution in [-0.4, -0.2) is 16.5 Å². The summed E-state index contributed by atoms with van der Waals surface area (Å²) in [6.07, 6.45) is 13.8. The highest BCUT2D eigenvalue weighted by molar-refractivity contribution is 5.96. The molecule has 0 amide bonds. The van der Waals surface area contributed by atoms with Crippen LogP contribution in [0.25, 0.3) is 0 Å². The van der Waals surface area contributed by atoms with E-state index in [0.29, 0.717) is 12.8 Å². The van der Waals surface area contributed by atoms with Crippen molar-refractivity contribution in [1.82, 2.24) is 0 Å². The molecule has 0 atom stereocenters. The quantitative estimate of drug-likeness (QED) is 0.541. The second-order valence-corrected chi connectivity index (χ2v) is 5.21. The molecule has 0 aliphatic heterocycles. The van der Waals surface area contributed by atoms with Crippen molar-refractivity contribution in [3.05, 3.63) is 12.2 Å². The maximum Gasteiger partial charge on any atom is 0.186 e. The number of aliphatic hydroxyl groups is 1. The number of carbonyl (C=O) groups excluding carboxylic acids is 1. The van der Waals surface area contributed by atoms with E-state index in [9.17, 15) is 9.90 Å². The average molecular weight is 238 g/mol. The minimum atomic E-state index is -1.04. The minimum absolute atomic E-state index is 0.0762. The summed E-state index contributed by atoms with van der Waals surface area (Å²) in [4.78, 5) is 11.9. The number of unbranched alkanes of at least 4 members (excludes halogenated alkanes) is 4. The molecule has 98 valence electrons. The highest BCUT2D eigenvalue weighted by atomic mass is 16.3. The van der Waals surface area contributed by atoms with Gasteiger partial charge >= 0.3 is 0 Å². The lowest BCUT2D eigenvalue weighted by Crippen LogP contribution is -2.39. The first-order valence-electron chi connectivity index (χ1n) is 7.12. The zero-order valence-electron chi connectivity index (χ0n) is 11.1. The molecular weight excluding hydrogens is 212 g/mol. The van der Waals surface area contributed by atoms with Gasteiger partial charge in [-0.2, -0.15) is 0 Å². The van der Waals surface area contributed by atoms with Crippen LogP contribution in [0.15, 0.2) is 12.2 Å². The summed E-state index contributed by atoms with van der Waals surface area (Å²) >= 11 is 0. The van der Waals surface area contributed by atoms with Crippen LogP contribution in [0.2, 0.25) is 0 Å². The molecule has 1 rings (SSSR count). The van der Waals surface area contributed by atoms with Crippen molar-refractivity contribution >= 4 is 5.78 Å². The van der Waals surface area contributed by atoms with Gasteiger partial charge in [-0.1, -0.05) is 51.5 Å². The lowest BCUT2D eigenvalue weighted by Gasteiger charge is -2.29. The minimum Gasteiger partial charge on any atom is -0.382 e. The molecule has 1 saturated carbocycles. The van der Waals surface area contributed by atoms with Crippen LogP contribution in [0, 0.1) is 0 Å². The summed E-state index contributed by atoms with van der Waals surface area (Å²) in [7, 11) is 0. The Morgan fingerprint density at radius 1 is 1.18 bits per heavy atom. The van der Waals surface area contributed by atoms with E-state index < -0.39 is 5.60 Å². The first-order chi connectivity index (χ1) is 8.19. The van der Waals surface area contributed by atoms with Crippen molar-refractivity contribution in [2.75, 3.05) is 0 Å². The molecule has 1 fully saturated rings.